The van der Waals surface area contributed by atoms with E-state index in [-0.39, 0.29) is 31.1 Å². The summed E-state index contributed by atoms with van der Waals surface area (Å²) in [4.78, 5) is 30.1. The molecule has 1 aliphatic heterocycles. The van der Waals surface area contributed by atoms with Gasteiger partial charge in [-0.3, -0.25) is 9.78 Å². The van der Waals surface area contributed by atoms with E-state index in [4.69, 9.17) is 4.74 Å². The summed E-state index contributed by atoms with van der Waals surface area (Å²) in [6.45, 7) is -0.0441. The summed E-state index contributed by atoms with van der Waals surface area (Å²) >= 11 is 0. The molecule has 0 saturated carbocycles. The Hall–Kier alpha value is -3.63. The summed E-state index contributed by atoms with van der Waals surface area (Å²) in [5, 5.41) is 0.937. The maximum Gasteiger partial charge on any atom is 0.331 e. The third-order valence-electron chi connectivity index (χ3n) is 5.43. The van der Waals surface area contributed by atoms with Gasteiger partial charge in [-0.1, -0.05) is 30.3 Å². The van der Waals surface area contributed by atoms with Gasteiger partial charge in [-0.05, 0) is 30.3 Å². The highest BCUT2D eigenvalue weighted by atomic mass is 32.2. The summed E-state index contributed by atoms with van der Waals surface area (Å²) in [7, 11) is -3.85. The molecule has 0 unspecified atom stereocenters. The van der Waals surface area contributed by atoms with E-state index >= 15 is 0 Å². The fourth-order valence-corrected chi connectivity index (χ4v) is 5.10. The minimum atomic E-state index is -3.85. The predicted molar refractivity (Wildman–Crippen MR) is 123 cm³/mol. The van der Waals surface area contributed by atoms with Crippen molar-refractivity contribution < 1.29 is 27.1 Å². The van der Waals surface area contributed by atoms with Gasteiger partial charge in [-0.2, -0.15) is 4.31 Å². The highest BCUT2D eigenvalue weighted by Gasteiger charge is 2.30. The first kappa shape index (κ1) is 23.5. The van der Waals surface area contributed by atoms with Gasteiger partial charge in [0.2, 0.25) is 10.0 Å². The van der Waals surface area contributed by atoms with Gasteiger partial charge in [0.1, 0.15) is 5.82 Å². The SMILES string of the molecule is O=C(/C=C/c1cccc2cccnc12)OCC(=O)N1CCN(S(=O)(=O)c2cccc(F)c2)CC1. The zero-order valence-corrected chi connectivity index (χ0v) is 18.9. The average Bonchev–Trinajstić information content (AvgIpc) is 2.86. The smallest absolute Gasteiger partial charge is 0.331 e. The first-order valence-electron chi connectivity index (χ1n) is 10.6. The molecule has 176 valence electrons. The van der Waals surface area contributed by atoms with E-state index in [0.717, 1.165) is 22.5 Å². The van der Waals surface area contributed by atoms with Crippen LogP contribution < -0.4 is 0 Å². The second kappa shape index (κ2) is 10.1. The second-order valence-electron chi connectivity index (χ2n) is 7.61. The number of carbonyl (C=O) groups excluding carboxylic acids is 2. The molecule has 2 heterocycles. The van der Waals surface area contributed by atoms with E-state index in [0.29, 0.717) is 0 Å². The zero-order valence-electron chi connectivity index (χ0n) is 18.1. The van der Waals surface area contributed by atoms with Crippen molar-refractivity contribution >= 4 is 38.9 Å². The summed E-state index contributed by atoms with van der Waals surface area (Å²) < 4.78 is 45.0. The Balaban J connectivity index is 1.29. The van der Waals surface area contributed by atoms with Crippen molar-refractivity contribution in [3.05, 3.63) is 78.3 Å². The Morgan fingerprint density at radius 3 is 2.53 bits per heavy atom. The van der Waals surface area contributed by atoms with Gasteiger partial charge in [0, 0.05) is 49.4 Å². The number of nitrogens with zero attached hydrogens (tertiary/aromatic N) is 3. The molecule has 1 fully saturated rings. The fraction of sp³-hybridized carbons (Fsp3) is 0.208. The Bertz CT molecular complexity index is 1350. The van der Waals surface area contributed by atoms with Gasteiger partial charge in [-0.25, -0.2) is 17.6 Å². The van der Waals surface area contributed by atoms with Crippen LogP contribution in [0.3, 0.4) is 0 Å². The number of hydrogen-bond acceptors (Lipinski definition) is 6. The minimum absolute atomic E-state index is 0.0620. The molecule has 0 atom stereocenters. The molecule has 0 spiro atoms. The number of sulfonamides is 1. The van der Waals surface area contributed by atoms with Crippen molar-refractivity contribution in [3.63, 3.8) is 0 Å². The van der Waals surface area contributed by atoms with Crippen LogP contribution in [0.4, 0.5) is 4.39 Å². The molecule has 4 rings (SSSR count). The van der Waals surface area contributed by atoms with Gasteiger partial charge in [0.05, 0.1) is 10.4 Å². The van der Waals surface area contributed by atoms with Crippen LogP contribution in [0.15, 0.2) is 71.8 Å². The van der Waals surface area contributed by atoms with Crippen LogP contribution >= 0.6 is 0 Å². The largest absolute Gasteiger partial charge is 0.452 e. The number of fused-ring (bicyclic) bond motifs is 1. The zero-order chi connectivity index (χ0) is 24.1. The highest BCUT2D eigenvalue weighted by Crippen LogP contribution is 2.19. The Kier molecular flexibility index (Phi) is 6.99. The van der Waals surface area contributed by atoms with Crippen LogP contribution in [0.5, 0.6) is 0 Å². The van der Waals surface area contributed by atoms with Crippen molar-refractivity contribution in [2.24, 2.45) is 0 Å². The molecule has 0 radical (unpaired) electrons. The van der Waals surface area contributed by atoms with Crippen molar-refractivity contribution in [1.82, 2.24) is 14.2 Å². The highest BCUT2D eigenvalue weighted by molar-refractivity contribution is 7.89. The van der Waals surface area contributed by atoms with Crippen LogP contribution in [-0.2, 0) is 24.3 Å². The van der Waals surface area contributed by atoms with Crippen molar-refractivity contribution in [1.29, 1.82) is 0 Å². The maximum atomic E-state index is 13.4. The summed E-state index contributed by atoms with van der Waals surface area (Å²) in [5.41, 5.74) is 1.49. The molecule has 2 aromatic carbocycles. The van der Waals surface area contributed by atoms with Gasteiger partial charge >= 0.3 is 5.97 Å². The third-order valence-corrected chi connectivity index (χ3v) is 7.32. The van der Waals surface area contributed by atoms with Crippen LogP contribution in [0.25, 0.3) is 17.0 Å². The Morgan fingerprint density at radius 2 is 1.76 bits per heavy atom. The lowest BCUT2D eigenvalue weighted by atomic mass is 10.1. The molecule has 34 heavy (non-hydrogen) atoms. The van der Waals surface area contributed by atoms with E-state index < -0.39 is 34.3 Å². The van der Waals surface area contributed by atoms with Crippen LogP contribution in [0, 0.1) is 5.82 Å². The van der Waals surface area contributed by atoms with Crippen molar-refractivity contribution in [3.8, 4) is 0 Å². The molecule has 1 aromatic heterocycles. The van der Waals surface area contributed by atoms with E-state index in [2.05, 4.69) is 4.98 Å². The van der Waals surface area contributed by atoms with E-state index in [1.54, 1.807) is 12.3 Å². The van der Waals surface area contributed by atoms with Gasteiger partial charge < -0.3 is 9.64 Å². The lowest BCUT2D eigenvalue weighted by molar-refractivity contribution is -0.148. The standard InChI is InChI=1S/C24H22FN3O5S/c25-20-7-2-8-21(16-20)34(31,32)28-14-12-27(13-15-28)22(29)17-33-23(30)10-9-19-5-1-4-18-6-3-11-26-24(18)19/h1-11,16H,12-15,17H2/b10-9+. The van der Waals surface area contributed by atoms with Crippen molar-refractivity contribution in [2.45, 2.75) is 4.90 Å². The van der Waals surface area contributed by atoms with E-state index in [9.17, 15) is 22.4 Å². The fourth-order valence-electron chi connectivity index (χ4n) is 3.65. The summed E-state index contributed by atoms with van der Waals surface area (Å²) in [6.07, 6.45) is 4.48. The van der Waals surface area contributed by atoms with Gasteiger partial charge in [0.25, 0.3) is 5.91 Å². The normalized spacial score (nSPS) is 15.0. The number of hydrogen-bond donors (Lipinski definition) is 0. The average molecular weight is 484 g/mol. The first-order valence-corrected chi connectivity index (χ1v) is 12.0. The van der Waals surface area contributed by atoms with E-state index in [1.165, 1.54) is 33.5 Å². The predicted octanol–water partition coefficient (Wildman–Crippen LogP) is 2.46. The topological polar surface area (TPSA) is 96.9 Å². The number of aromatic nitrogens is 1. The number of ether oxygens (including phenoxy) is 1. The molecule has 10 heteroatoms. The molecule has 1 saturated heterocycles. The lowest BCUT2D eigenvalue weighted by Crippen LogP contribution is -2.51. The molecule has 3 aromatic rings. The monoisotopic (exact) mass is 483 g/mol. The Labute approximate surface area is 196 Å². The Morgan fingerprint density at radius 1 is 1.03 bits per heavy atom. The number of benzene rings is 2. The molecule has 1 amide bonds. The number of piperazine rings is 1. The van der Waals surface area contributed by atoms with Gasteiger partial charge in [-0.15, -0.1) is 0 Å². The number of para-hydroxylation sites is 1. The molecule has 0 aliphatic carbocycles. The number of amides is 1. The van der Waals surface area contributed by atoms with Crippen molar-refractivity contribution in [2.75, 3.05) is 32.8 Å². The van der Waals surface area contributed by atoms with E-state index in [1.807, 2.05) is 30.3 Å². The number of pyridine rings is 1. The first-order chi connectivity index (χ1) is 16.3. The maximum absolute atomic E-state index is 13.4. The molecule has 0 bridgehead atoms. The molecule has 1 aliphatic rings. The molecule has 8 nitrogen and oxygen atoms in total. The third kappa shape index (κ3) is 5.29. The van der Waals surface area contributed by atoms with Crippen LogP contribution in [-0.4, -0.2) is 67.3 Å². The number of rotatable bonds is 6. The number of esters is 1. The molecular weight excluding hydrogens is 461 g/mol. The second-order valence-corrected chi connectivity index (χ2v) is 9.54. The summed E-state index contributed by atoms with van der Waals surface area (Å²) in [6, 6.07) is 14.1. The summed E-state index contributed by atoms with van der Waals surface area (Å²) in [5.74, 6) is -1.73. The quantitative estimate of drug-likeness (QED) is 0.395. The number of carbonyl (C=O) groups is 2. The van der Waals surface area contributed by atoms with Crippen LogP contribution in [0.1, 0.15) is 5.56 Å². The molecular formula is C24H22FN3O5S. The molecule has 0 N–H and O–H groups in total. The van der Waals surface area contributed by atoms with Gasteiger partial charge in [0.15, 0.2) is 6.61 Å². The lowest BCUT2D eigenvalue weighted by Gasteiger charge is -2.33. The van der Waals surface area contributed by atoms with Crippen LogP contribution in [0.2, 0.25) is 0 Å². The number of halogens is 1. The minimum Gasteiger partial charge on any atom is -0.452 e.